The van der Waals surface area contributed by atoms with Gasteiger partial charge in [-0.3, -0.25) is 5.41 Å². The van der Waals surface area contributed by atoms with Crippen LogP contribution in [0.2, 0.25) is 5.02 Å². The number of hydrogen-bond donors (Lipinski definition) is 2. The predicted octanol–water partition coefficient (Wildman–Crippen LogP) is 3.37. The summed E-state index contributed by atoms with van der Waals surface area (Å²) in [6, 6.07) is 9.28. The molecule has 0 unspecified atom stereocenters. The van der Waals surface area contributed by atoms with Crippen molar-refractivity contribution in [2.75, 3.05) is 0 Å². The zero-order valence-electron chi connectivity index (χ0n) is 10.5. The maximum Gasteiger partial charge on any atom is 0.238 e. The molecular formula is C14H14ClN3O. The number of hydrogen-bond acceptors (Lipinski definition) is 3. The topological polar surface area (TPSA) is 72.0 Å². The number of rotatable bonds is 4. The number of ether oxygens (including phenoxy) is 1. The zero-order valence-corrected chi connectivity index (χ0v) is 11.2. The molecule has 1 aromatic heterocycles. The van der Waals surface area contributed by atoms with Gasteiger partial charge in [-0.1, -0.05) is 30.7 Å². The Balaban J connectivity index is 2.33. The lowest BCUT2D eigenvalue weighted by Gasteiger charge is -2.09. The van der Waals surface area contributed by atoms with Gasteiger partial charge in [0, 0.05) is 11.8 Å². The van der Waals surface area contributed by atoms with Crippen molar-refractivity contribution < 1.29 is 4.74 Å². The molecule has 0 fully saturated rings. The minimum Gasteiger partial charge on any atom is -0.438 e. The molecule has 0 saturated heterocycles. The third-order valence-corrected chi connectivity index (χ3v) is 3.03. The standard InChI is InChI=1S/C14H14ClN3O/c1-2-9-4-3-5-10(8-9)19-14-12(15)11(13(16)17)6-7-18-14/h3-8H,2H2,1H3,(H3,16,17). The van der Waals surface area contributed by atoms with Crippen molar-refractivity contribution in [1.82, 2.24) is 4.98 Å². The molecule has 0 amide bonds. The first-order chi connectivity index (χ1) is 9.11. The number of aryl methyl sites for hydroxylation is 1. The molecule has 0 spiro atoms. The Kier molecular flexibility index (Phi) is 4.02. The van der Waals surface area contributed by atoms with Gasteiger partial charge in [-0.15, -0.1) is 0 Å². The number of nitrogens with zero attached hydrogens (tertiary/aromatic N) is 1. The number of amidine groups is 1. The maximum atomic E-state index is 7.43. The maximum absolute atomic E-state index is 7.43. The SMILES string of the molecule is CCc1cccc(Oc2nccc(C(=N)N)c2Cl)c1. The summed E-state index contributed by atoms with van der Waals surface area (Å²) in [5.74, 6) is 0.802. The molecule has 0 atom stereocenters. The summed E-state index contributed by atoms with van der Waals surface area (Å²) < 4.78 is 5.65. The normalized spacial score (nSPS) is 10.2. The summed E-state index contributed by atoms with van der Waals surface area (Å²) in [5, 5.41) is 7.67. The van der Waals surface area contributed by atoms with Crippen LogP contribution in [0.4, 0.5) is 0 Å². The highest BCUT2D eigenvalue weighted by Crippen LogP contribution is 2.29. The van der Waals surface area contributed by atoms with E-state index in [0.717, 1.165) is 12.0 Å². The van der Waals surface area contributed by atoms with E-state index in [4.69, 9.17) is 27.5 Å². The third kappa shape index (κ3) is 3.03. The van der Waals surface area contributed by atoms with Gasteiger partial charge >= 0.3 is 0 Å². The van der Waals surface area contributed by atoms with Crippen LogP contribution in [0.3, 0.4) is 0 Å². The van der Waals surface area contributed by atoms with Crippen LogP contribution in [-0.2, 0) is 6.42 Å². The highest BCUT2D eigenvalue weighted by Gasteiger charge is 2.11. The second-order valence-corrected chi connectivity index (χ2v) is 4.37. The first kappa shape index (κ1) is 13.4. The summed E-state index contributed by atoms with van der Waals surface area (Å²) in [4.78, 5) is 4.07. The van der Waals surface area contributed by atoms with Gasteiger partial charge in [0.1, 0.15) is 16.6 Å². The molecule has 0 radical (unpaired) electrons. The molecule has 4 nitrogen and oxygen atoms in total. The minimum atomic E-state index is -0.112. The first-order valence-electron chi connectivity index (χ1n) is 5.87. The second kappa shape index (κ2) is 5.71. The van der Waals surface area contributed by atoms with E-state index in [9.17, 15) is 0 Å². The molecule has 1 aromatic carbocycles. The quantitative estimate of drug-likeness (QED) is 0.664. The smallest absolute Gasteiger partial charge is 0.238 e. The summed E-state index contributed by atoms with van der Waals surface area (Å²) in [5.41, 5.74) is 7.02. The van der Waals surface area contributed by atoms with Crippen molar-refractivity contribution in [2.24, 2.45) is 5.73 Å². The Morgan fingerprint density at radius 3 is 2.89 bits per heavy atom. The van der Waals surface area contributed by atoms with Crippen molar-refractivity contribution in [3.63, 3.8) is 0 Å². The summed E-state index contributed by atoms with van der Waals surface area (Å²) >= 11 is 6.12. The Morgan fingerprint density at radius 2 is 2.21 bits per heavy atom. The van der Waals surface area contributed by atoms with Gasteiger partial charge in [0.2, 0.25) is 5.88 Å². The zero-order chi connectivity index (χ0) is 13.8. The van der Waals surface area contributed by atoms with Crippen molar-refractivity contribution in [3.8, 4) is 11.6 Å². The molecule has 0 saturated carbocycles. The Hall–Kier alpha value is -2.07. The largest absolute Gasteiger partial charge is 0.438 e. The molecule has 98 valence electrons. The monoisotopic (exact) mass is 275 g/mol. The van der Waals surface area contributed by atoms with Crippen LogP contribution < -0.4 is 10.5 Å². The number of benzene rings is 1. The molecule has 0 bridgehead atoms. The minimum absolute atomic E-state index is 0.112. The van der Waals surface area contributed by atoms with Gasteiger partial charge in [0.25, 0.3) is 0 Å². The number of aromatic nitrogens is 1. The summed E-state index contributed by atoms with van der Waals surface area (Å²) in [6.45, 7) is 2.07. The van der Waals surface area contributed by atoms with Gasteiger partial charge in [-0.25, -0.2) is 4.98 Å². The van der Waals surface area contributed by atoms with Crippen LogP contribution in [-0.4, -0.2) is 10.8 Å². The van der Waals surface area contributed by atoms with Crippen molar-refractivity contribution in [3.05, 3.63) is 52.7 Å². The number of nitrogen functional groups attached to an aromatic ring is 1. The molecule has 0 aliphatic heterocycles. The lowest BCUT2D eigenvalue weighted by molar-refractivity contribution is 0.462. The lowest BCUT2D eigenvalue weighted by Crippen LogP contribution is -2.12. The van der Waals surface area contributed by atoms with Crippen LogP contribution >= 0.6 is 11.6 Å². The van der Waals surface area contributed by atoms with E-state index in [2.05, 4.69) is 11.9 Å². The molecule has 5 heteroatoms. The molecule has 2 aromatic rings. The van der Waals surface area contributed by atoms with Gasteiger partial charge in [-0.2, -0.15) is 0 Å². The summed E-state index contributed by atoms with van der Waals surface area (Å²) in [7, 11) is 0. The highest BCUT2D eigenvalue weighted by atomic mass is 35.5. The number of nitrogens with two attached hydrogens (primary N) is 1. The fourth-order valence-electron chi connectivity index (χ4n) is 1.64. The third-order valence-electron chi connectivity index (χ3n) is 2.67. The molecule has 2 rings (SSSR count). The first-order valence-corrected chi connectivity index (χ1v) is 6.25. The number of halogens is 1. The van der Waals surface area contributed by atoms with E-state index >= 15 is 0 Å². The molecule has 0 aliphatic rings. The van der Waals surface area contributed by atoms with Gasteiger partial charge in [-0.05, 0) is 30.2 Å². The molecule has 3 N–H and O–H groups in total. The molecule has 1 heterocycles. The van der Waals surface area contributed by atoms with E-state index < -0.39 is 0 Å². The lowest BCUT2D eigenvalue weighted by atomic mass is 10.2. The molecule has 0 aliphatic carbocycles. The fourth-order valence-corrected chi connectivity index (χ4v) is 1.90. The van der Waals surface area contributed by atoms with E-state index in [1.165, 1.54) is 6.20 Å². The number of pyridine rings is 1. The van der Waals surface area contributed by atoms with Crippen molar-refractivity contribution in [2.45, 2.75) is 13.3 Å². The fraction of sp³-hybridized carbons (Fsp3) is 0.143. The van der Waals surface area contributed by atoms with Crippen LogP contribution in [0.5, 0.6) is 11.6 Å². The van der Waals surface area contributed by atoms with E-state index in [-0.39, 0.29) is 16.7 Å². The van der Waals surface area contributed by atoms with E-state index in [0.29, 0.717) is 11.3 Å². The van der Waals surface area contributed by atoms with E-state index in [1.807, 2.05) is 24.3 Å². The Labute approximate surface area is 116 Å². The van der Waals surface area contributed by atoms with Crippen LogP contribution in [0, 0.1) is 5.41 Å². The average Bonchev–Trinajstić information content (AvgIpc) is 2.41. The van der Waals surface area contributed by atoms with Crippen LogP contribution in [0.15, 0.2) is 36.5 Å². The van der Waals surface area contributed by atoms with Gasteiger partial charge in [0.15, 0.2) is 0 Å². The van der Waals surface area contributed by atoms with Crippen LogP contribution in [0.1, 0.15) is 18.1 Å². The molecule has 19 heavy (non-hydrogen) atoms. The summed E-state index contributed by atoms with van der Waals surface area (Å²) in [6.07, 6.45) is 2.44. The molecular weight excluding hydrogens is 262 g/mol. The Bertz CT molecular complexity index is 613. The van der Waals surface area contributed by atoms with Gasteiger partial charge in [0.05, 0.1) is 0 Å². The van der Waals surface area contributed by atoms with Crippen LogP contribution in [0.25, 0.3) is 0 Å². The van der Waals surface area contributed by atoms with E-state index in [1.54, 1.807) is 6.07 Å². The second-order valence-electron chi connectivity index (χ2n) is 3.99. The average molecular weight is 276 g/mol. The van der Waals surface area contributed by atoms with Crippen molar-refractivity contribution in [1.29, 1.82) is 5.41 Å². The Morgan fingerprint density at radius 1 is 1.42 bits per heavy atom. The number of nitrogens with one attached hydrogen (secondary N) is 1. The highest BCUT2D eigenvalue weighted by molar-refractivity contribution is 6.35. The van der Waals surface area contributed by atoms with Crippen molar-refractivity contribution >= 4 is 17.4 Å². The predicted molar refractivity (Wildman–Crippen MR) is 76.2 cm³/mol. The van der Waals surface area contributed by atoms with Gasteiger partial charge < -0.3 is 10.5 Å².